The molecule has 3 nitrogen and oxygen atoms in total. The fraction of sp³-hybridized carbons (Fsp3) is 1.00. The number of hydrogen-bond acceptors (Lipinski definition) is 3. The second kappa shape index (κ2) is 5.48. The zero-order valence-corrected chi connectivity index (χ0v) is 10.5. The monoisotopic (exact) mass is 226 g/mol. The maximum atomic E-state index is 9.21. The molecule has 1 saturated heterocycles. The van der Waals surface area contributed by atoms with Crippen molar-refractivity contribution in [1.29, 1.82) is 0 Å². The lowest BCUT2D eigenvalue weighted by atomic mass is 9.78. The van der Waals surface area contributed by atoms with Gasteiger partial charge >= 0.3 is 0 Å². The Bertz CT molecular complexity index is 206. The van der Waals surface area contributed by atoms with Crippen LogP contribution >= 0.6 is 0 Å². The summed E-state index contributed by atoms with van der Waals surface area (Å²) in [5.41, 5.74) is 0.417. The highest BCUT2D eigenvalue weighted by Crippen LogP contribution is 2.34. The molecule has 0 radical (unpaired) electrons. The largest absolute Gasteiger partial charge is 0.396 e. The van der Waals surface area contributed by atoms with Crippen LogP contribution in [0.4, 0.5) is 0 Å². The van der Waals surface area contributed by atoms with Crippen molar-refractivity contribution in [3.05, 3.63) is 0 Å². The van der Waals surface area contributed by atoms with Gasteiger partial charge in [-0.25, -0.2) is 0 Å². The summed E-state index contributed by atoms with van der Waals surface area (Å²) in [6.45, 7) is 6.96. The minimum Gasteiger partial charge on any atom is -0.396 e. The standard InChI is InChI=1S/C13H26N2O/c1-12(10-16)9-15-8-7-14-11-13(15)5-3-2-4-6-13/h12,14,16H,2-11H2,1H3. The molecule has 1 spiro atoms. The summed E-state index contributed by atoms with van der Waals surface area (Å²) in [4.78, 5) is 2.66. The van der Waals surface area contributed by atoms with Crippen LogP contribution in [0.25, 0.3) is 0 Å². The number of hydrogen-bond donors (Lipinski definition) is 2. The molecular formula is C13H26N2O. The van der Waals surface area contributed by atoms with Gasteiger partial charge in [-0.15, -0.1) is 0 Å². The summed E-state index contributed by atoms with van der Waals surface area (Å²) in [6, 6.07) is 0. The summed E-state index contributed by atoms with van der Waals surface area (Å²) in [6.07, 6.45) is 6.86. The van der Waals surface area contributed by atoms with Crippen molar-refractivity contribution in [3.63, 3.8) is 0 Å². The number of nitrogens with zero attached hydrogens (tertiary/aromatic N) is 1. The van der Waals surface area contributed by atoms with Gasteiger partial charge in [0.05, 0.1) is 0 Å². The quantitative estimate of drug-likeness (QED) is 0.759. The van der Waals surface area contributed by atoms with Crippen LogP contribution in [-0.2, 0) is 0 Å². The van der Waals surface area contributed by atoms with Gasteiger partial charge in [0.2, 0.25) is 0 Å². The lowest BCUT2D eigenvalue weighted by Crippen LogP contribution is -2.62. The minimum atomic E-state index is 0.319. The summed E-state index contributed by atoms with van der Waals surface area (Å²) in [5, 5.41) is 12.8. The molecule has 0 aromatic carbocycles. The number of aliphatic hydroxyl groups is 1. The molecular weight excluding hydrogens is 200 g/mol. The maximum absolute atomic E-state index is 9.21. The maximum Gasteiger partial charge on any atom is 0.0468 e. The molecule has 1 unspecified atom stereocenters. The van der Waals surface area contributed by atoms with E-state index in [2.05, 4.69) is 17.1 Å². The predicted octanol–water partition coefficient (Wildman–Crippen LogP) is 1.22. The van der Waals surface area contributed by atoms with E-state index in [1.165, 1.54) is 32.1 Å². The Morgan fingerprint density at radius 1 is 1.31 bits per heavy atom. The van der Waals surface area contributed by atoms with Crippen LogP contribution in [0, 0.1) is 5.92 Å². The summed E-state index contributed by atoms with van der Waals surface area (Å²) >= 11 is 0. The van der Waals surface area contributed by atoms with E-state index in [1.807, 2.05) is 0 Å². The van der Waals surface area contributed by atoms with E-state index in [9.17, 15) is 5.11 Å². The Balaban J connectivity index is 2.00. The molecule has 2 aliphatic rings. The highest BCUT2D eigenvalue weighted by Gasteiger charge is 2.39. The van der Waals surface area contributed by atoms with Crippen LogP contribution in [-0.4, -0.2) is 48.3 Å². The number of piperazine rings is 1. The predicted molar refractivity (Wildman–Crippen MR) is 66.5 cm³/mol. The summed E-state index contributed by atoms with van der Waals surface area (Å²) in [5.74, 6) is 0.414. The van der Waals surface area contributed by atoms with Crippen molar-refractivity contribution in [2.75, 3.05) is 32.8 Å². The molecule has 1 saturated carbocycles. The second-order valence-electron chi connectivity index (χ2n) is 5.70. The van der Waals surface area contributed by atoms with Crippen molar-refractivity contribution in [2.45, 2.75) is 44.6 Å². The second-order valence-corrected chi connectivity index (χ2v) is 5.70. The average Bonchev–Trinajstić information content (AvgIpc) is 2.33. The van der Waals surface area contributed by atoms with E-state index in [4.69, 9.17) is 0 Å². The molecule has 1 atom stereocenters. The molecule has 0 aromatic rings. The molecule has 0 bridgehead atoms. The fourth-order valence-electron chi connectivity index (χ4n) is 3.31. The Labute approximate surface area is 99.2 Å². The van der Waals surface area contributed by atoms with E-state index >= 15 is 0 Å². The summed E-state index contributed by atoms with van der Waals surface area (Å²) < 4.78 is 0. The van der Waals surface area contributed by atoms with Gasteiger partial charge in [0.1, 0.15) is 0 Å². The third kappa shape index (κ3) is 2.58. The zero-order valence-electron chi connectivity index (χ0n) is 10.5. The minimum absolute atomic E-state index is 0.319. The molecule has 0 amide bonds. The lowest BCUT2D eigenvalue weighted by molar-refractivity contribution is 0.0107. The fourth-order valence-corrected chi connectivity index (χ4v) is 3.31. The number of aliphatic hydroxyl groups excluding tert-OH is 1. The zero-order chi connectivity index (χ0) is 11.4. The van der Waals surface area contributed by atoms with Crippen molar-refractivity contribution in [1.82, 2.24) is 10.2 Å². The molecule has 3 heteroatoms. The van der Waals surface area contributed by atoms with E-state index in [0.29, 0.717) is 18.1 Å². The van der Waals surface area contributed by atoms with Crippen LogP contribution in [0.2, 0.25) is 0 Å². The van der Waals surface area contributed by atoms with Crippen LogP contribution in [0.5, 0.6) is 0 Å². The topological polar surface area (TPSA) is 35.5 Å². The van der Waals surface area contributed by atoms with Crippen molar-refractivity contribution < 1.29 is 5.11 Å². The molecule has 1 heterocycles. The Morgan fingerprint density at radius 3 is 2.75 bits per heavy atom. The molecule has 2 fully saturated rings. The van der Waals surface area contributed by atoms with Gasteiger partial charge in [-0.2, -0.15) is 0 Å². The molecule has 94 valence electrons. The average molecular weight is 226 g/mol. The van der Waals surface area contributed by atoms with Gasteiger partial charge in [-0.05, 0) is 18.8 Å². The molecule has 2 N–H and O–H groups in total. The van der Waals surface area contributed by atoms with E-state index < -0.39 is 0 Å². The highest BCUT2D eigenvalue weighted by atomic mass is 16.3. The third-order valence-corrected chi connectivity index (χ3v) is 4.31. The van der Waals surface area contributed by atoms with Crippen LogP contribution in [0.3, 0.4) is 0 Å². The molecule has 2 rings (SSSR count). The lowest BCUT2D eigenvalue weighted by Gasteiger charge is -2.50. The van der Waals surface area contributed by atoms with Crippen molar-refractivity contribution >= 4 is 0 Å². The smallest absolute Gasteiger partial charge is 0.0468 e. The van der Waals surface area contributed by atoms with Crippen LogP contribution < -0.4 is 5.32 Å². The summed E-state index contributed by atoms with van der Waals surface area (Å²) in [7, 11) is 0. The first-order valence-electron chi connectivity index (χ1n) is 6.83. The normalized spacial score (nSPS) is 28.1. The molecule has 0 aromatic heterocycles. The molecule has 1 aliphatic heterocycles. The molecule has 1 aliphatic carbocycles. The third-order valence-electron chi connectivity index (χ3n) is 4.31. The van der Waals surface area contributed by atoms with E-state index in [0.717, 1.165) is 26.2 Å². The van der Waals surface area contributed by atoms with Crippen molar-refractivity contribution in [2.24, 2.45) is 5.92 Å². The van der Waals surface area contributed by atoms with Gasteiger partial charge in [-0.1, -0.05) is 26.2 Å². The number of rotatable bonds is 3. The number of nitrogens with one attached hydrogen (secondary N) is 1. The van der Waals surface area contributed by atoms with Gasteiger partial charge in [0, 0.05) is 38.3 Å². The van der Waals surface area contributed by atoms with Crippen LogP contribution in [0.1, 0.15) is 39.0 Å². The van der Waals surface area contributed by atoms with Crippen LogP contribution in [0.15, 0.2) is 0 Å². The van der Waals surface area contributed by atoms with E-state index in [-0.39, 0.29) is 0 Å². The SMILES string of the molecule is CC(CO)CN1CCNCC12CCCCC2. The Hall–Kier alpha value is -0.120. The first-order chi connectivity index (χ1) is 7.77. The Morgan fingerprint density at radius 2 is 2.06 bits per heavy atom. The first-order valence-corrected chi connectivity index (χ1v) is 6.83. The molecule has 16 heavy (non-hydrogen) atoms. The first kappa shape index (κ1) is 12.3. The highest BCUT2D eigenvalue weighted by molar-refractivity contribution is 4.98. The Kier molecular flexibility index (Phi) is 4.22. The van der Waals surface area contributed by atoms with Gasteiger partial charge < -0.3 is 10.4 Å². The van der Waals surface area contributed by atoms with Gasteiger partial charge in [-0.3, -0.25) is 4.90 Å². The van der Waals surface area contributed by atoms with Gasteiger partial charge in [0.25, 0.3) is 0 Å². The van der Waals surface area contributed by atoms with Gasteiger partial charge in [0.15, 0.2) is 0 Å². The van der Waals surface area contributed by atoms with Crippen molar-refractivity contribution in [3.8, 4) is 0 Å². The van der Waals surface area contributed by atoms with E-state index in [1.54, 1.807) is 0 Å².